The highest BCUT2D eigenvalue weighted by molar-refractivity contribution is 6.15. The summed E-state index contributed by atoms with van der Waals surface area (Å²) in [4.78, 5) is 10.9. The number of nitrogens with zero attached hydrogens (tertiary/aromatic N) is 1. The number of rotatable bonds is 3. The Labute approximate surface area is 117 Å². The van der Waals surface area contributed by atoms with Crippen LogP contribution in [0, 0.1) is 6.92 Å². The molecular weight excluding hydrogens is 252 g/mol. The number of benzene rings is 2. The van der Waals surface area contributed by atoms with E-state index in [-0.39, 0.29) is 0 Å². The summed E-state index contributed by atoms with van der Waals surface area (Å²) in [5.74, 6) is 0. The second-order valence-corrected chi connectivity index (χ2v) is 4.39. The molecule has 2 rings (SSSR count). The van der Waals surface area contributed by atoms with Gasteiger partial charge in [0.1, 0.15) is 0 Å². The Hall–Kier alpha value is -2.82. The van der Waals surface area contributed by atoms with Crippen LogP contribution >= 0.6 is 0 Å². The van der Waals surface area contributed by atoms with Gasteiger partial charge in [-0.25, -0.2) is 10.2 Å². The zero-order valence-corrected chi connectivity index (χ0v) is 11.1. The van der Waals surface area contributed by atoms with E-state index in [1.807, 2.05) is 55.5 Å². The third-order valence-corrected chi connectivity index (χ3v) is 2.79. The molecule has 0 atom stereocenters. The molecule has 2 amide bonds. The minimum atomic E-state index is -0.718. The first-order valence-electron chi connectivity index (χ1n) is 6.13. The smallest absolute Gasteiger partial charge is 0.332 e. The molecule has 0 saturated carbocycles. The number of carbonyl (C=O) groups excluding carboxylic acids is 1. The highest BCUT2D eigenvalue weighted by Gasteiger charge is 2.11. The first kappa shape index (κ1) is 13.6. The number of hydrazone groups is 1. The number of urea groups is 1. The first-order chi connectivity index (χ1) is 9.58. The van der Waals surface area contributed by atoms with Gasteiger partial charge >= 0.3 is 6.03 Å². The molecule has 0 aliphatic carbocycles. The molecule has 0 aromatic heterocycles. The van der Waals surface area contributed by atoms with Crippen LogP contribution in [0.15, 0.2) is 53.6 Å². The molecule has 0 spiro atoms. The van der Waals surface area contributed by atoms with Gasteiger partial charge in [0.15, 0.2) is 0 Å². The second kappa shape index (κ2) is 5.88. The van der Waals surface area contributed by atoms with Crippen molar-refractivity contribution in [3.63, 3.8) is 0 Å². The van der Waals surface area contributed by atoms with E-state index in [4.69, 9.17) is 11.5 Å². The molecule has 0 aliphatic heterocycles. The zero-order valence-electron chi connectivity index (χ0n) is 11.1. The van der Waals surface area contributed by atoms with Crippen LogP contribution in [0.5, 0.6) is 0 Å². The quantitative estimate of drug-likeness (QED) is 0.451. The molecule has 0 aliphatic rings. The fourth-order valence-corrected chi connectivity index (χ4v) is 1.86. The van der Waals surface area contributed by atoms with E-state index in [0.29, 0.717) is 11.4 Å². The normalized spacial score (nSPS) is 11.2. The van der Waals surface area contributed by atoms with Gasteiger partial charge in [-0.3, -0.25) is 0 Å². The van der Waals surface area contributed by atoms with E-state index in [1.165, 1.54) is 0 Å². The number of nitrogen functional groups attached to an aromatic ring is 1. The Bertz CT molecular complexity index is 650. The van der Waals surface area contributed by atoms with Crippen molar-refractivity contribution in [3.05, 3.63) is 65.2 Å². The van der Waals surface area contributed by atoms with Gasteiger partial charge in [-0.05, 0) is 19.1 Å². The van der Waals surface area contributed by atoms with E-state index in [1.54, 1.807) is 0 Å². The van der Waals surface area contributed by atoms with Gasteiger partial charge in [-0.15, -0.1) is 0 Å². The highest BCUT2D eigenvalue weighted by atomic mass is 16.2. The fourth-order valence-electron chi connectivity index (χ4n) is 1.86. The van der Waals surface area contributed by atoms with Gasteiger partial charge in [0, 0.05) is 16.8 Å². The molecule has 102 valence electrons. The lowest BCUT2D eigenvalue weighted by Gasteiger charge is -2.11. The molecule has 0 bridgehead atoms. The highest BCUT2D eigenvalue weighted by Crippen LogP contribution is 2.19. The third kappa shape index (κ3) is 3.14. The van der Waals surface area contributed by atoms with Crippen LogP contribution in [0.25, 0.3) is 0 Å². The van der Waals surface area contributed by atoms with Crippen molar-refractivity contribution in [2.45, 2.75) is 6.92 Å². The average Bonchev–Trinajstić information content (AvgIpc) is 2.43. The number of anilines is 1. The SMILES string of the molecule is Cc1ccc(N)c(/C(=N/NC(N)=O)c2ccccc2)c1. The third-order valence-electron chi connectivity index (χ3n) is 2.79. The molecule has 0 fully saturated rings. The van der Waals surface area contributed by atoms with Crippen molar-refractivity contribution < 1.29 is 4.79 Å². The molecule has 0 radical (unpaired) electrons. The maximum Gasteiger partial charge on any atom is 0.332 e. The number of nitrogens with two attached hydrogens (primary N) is 2. The van der Waals surface area contributed by atoms with Gasteiger partial charge in [0.25, 0.3) is 0 Å². The molecule has 0 unspecified atom stereocenters. The van der Waals surface area contributed by atoms with Gasteiger partial charge in [0.05, 0.1) is 5.71 Å². The minimum Gasteiger partial charge on any atom is -0.398 e. The van der Waals surface area contributed by atoms with Crippen LogP contribution < -0.4 is 16.9 Å². The van der Waals surface area contributed by atoms with Gasteiger partial charge in [-0.1, -0.05) is 42.0 Å². The van der Waals surface area contributed by atoms with Crippen LogP contribution in [0.1, 0.15) is 16.7 Å². The zero-order chi connectivity index (χ0) is 14.5. The van der Waals surface area contributed by atoms with E-state index in [9.17, 15) is 4.79 Å². The summed E-state index contributed by atoms with van der Waals surface area (Å²) in [6.45, 7) is 1.97. The van der Waals surface area contributed by atoms with Crippen molar-refractivity contribution in [1.29, 1.82) is 0 Å². The maximum atomic E-state index is 10.9. The number of aryl methyl sites for hydroxylation is 1. The van der Waals surface area contributed by atoms with Crippen LogP contribution in [-0.2, 0) is 0 Å². The van der Waals surface area contributed by atoms with E-state index in [2.05, 4.69) is 10.5 Å². The topological polar surface area (TPSA) is 93.5 Å². The number of hydrogen-bond acceptors (Lipinski definition) is 3. The molecule has 2 aromatic carbocycles. The lowest BCUT2D eigenvalue weighted by atomic mass is 9.99. The van der Waals surface area contributed by atoms with Crippen molar-refractivity contribution >= 4 is 17.4 Å². The first-order valence-corrected chi connectivity index (χ1v) is 6.13. The molecule has 2 aromatic rings. The summed E-state index contributed by atoms with van der Waals surface area (Å²) in [7, 11) is 0. The standard InChI is InChI=1S/C15H16N4O/c1-10-7-8-13(16)12(9-10)14(18-19-15(17)20)11-5-3-2-4-6-11/h2-9H,16H2,1H3,(H3,17,19,20)/b18-14+. The summed E-state index contributed by atoms with van der Waals surface area (Å²) >= 11 is 0. The lowest BCUT2D eigenvalue weighted by Crippen LogP contribution is -2.26. The van der Waals surface area contributed by atoms with Gasteiger partial charge in [0.2, 0.25) is 0 Å². The van der Waals surface area contributed by atoms with Gasteiger partial charge in [-0.2, -0.15) is 5.10 Å². The fraction of sp³-hybridized carbons (Fsp3) is 0.0667. The molecular formula is C15H16N4O. The van der Waals surface area contributed by atoms with E-state index < -0.39 is 6.03 Å². The average molecular weight is 268 g/mol. The van der Waals surface area contributed by atoms with E-state index >= 15 is 0 Å². The molecule has 0 heterocycles. The largest absolute Gasteiger partial charge is 0.398 e. The van der Waals surface area contributed by atoms with E-state index in [0.717, 1.165) is 16.7 Å². The van der Waals surface area contributed by atoms with Crippen LogP contribution in [0.3, 0.4) is 0 Å². The number of nitrogens with one attached hydrogen (secondary N) is 1. The monoisotopic (exact) mass is 268 g/mol. The number of primary amides is 1. The summed E-state index contributed by atoms with van der Waals surface area (Å²) in [6, 6.07) is 14.4. The number of carbonyl (C=O) groups is 1. The Balaban J connectivity index is 2.55. The van der Waals surface area contributed by atoms with Crippen LogP contribution in [0.2, 0.25) is 0 Å². The van der Waals surface area contributed by atoms with Crippen molar-refractivity contribution in [2.24, 2.45) is 10.8 Å². The van der Waals surface area contributed by atoms with Crippen LogP contribution in [-0.4, -0.2) is 11.7 Å². The van der Waals surface area contributed by atoms with Gasteiger partial charge < -0.3 is 11.5 Å². The maximum absolute atomic E-state index is 10.9. The predicted octanol–water partition coefficient (Wildman–Crippen LogP) is 2.00. The Morgan fingerprint density at radius 2 is 1.85 bits per heavy atom. The number of amides is 2. The summed E-state index contributed by atoms with van der Waals surface area (Å²) < 4.78 is 0. The molecule has 5 N–H and O–H groups in total. The summed E-state index contributed by atoms with van der Waals surface area (Å²) in [5, 5.41) is 4.08. The summed E-state index contributed by atoms with van der Waals surface area (Å²) in [6.07, 6.45) is 0. The number of hydrogen-bond donors (Lipinski definition) is 3. The Morgan fingerprint density at radius 1 is 1.15 bits per heavy atom. The molecule has 20 heavy (non-hydrogen) atoms. The Morgan fingerprint density at radius 3 is 2.50 bits per heavy atom. The molecule has 0 saturated heterocycles. The minimum absolute atomic E-state index is 0.575. The molecule has 5 heteroatoms. The second-order valence-electron chi connectivity index (χ2n) is 4.39. The Kier molecular flexibility index (Phi) is 4.00. The van der Waals surface area contributed by atoms with Crippen molar-refractivity contribution in [1.82, 2.24) is 5.43 Å². The van der Waals surface area contributed by atoms with Crippen molar-refractivity contribution in [2.75, 3.05) is 5.73 Å². The predicted molar refractivity (Wildman–Crippen MR) is 80.4 cm³/mol. The molecule has 5 nitrogen and oxygen atoms in total. The summed E-state index contributed by atoms with van der Waals surface area (Å²) in [5.41, 5.74) is 17.2. The van der Waals surface area contributed by atoms with Crippen LogP contribution in [0.4, 0.5) is 10.5 Å². The lowest BCUT2D eigenvalue weighted by molar-refractivity contribution is 0.249. The van der Waals surface area contributed by atoms with Crippen molar-refractivity contribution in [3.8, 4) is 0 Å².